The molecule has 2 aromatic heterocycles. The molecule has 1 aliphatic rings. The minimum absolute atomic E-state index is 0. The average Bonchev–Trinajstić information content (AvgIpc) is 2.95. The van der Waals surface area contributed by atoms with Crippen molar-refractivity contribution in [2.75, 3.05) is 41.9 Å². The second kappa shape index (κ2) is 16.7. The zero-order valence-corrected chi connectivity index (χ0v) is 25.7. The fourth-order valence-corrected chi connectivity index (χ4v) is 4.57. The average molecular weight is 709 g/mol. The van der Waals surface area contributed by atoms with Crippen LogP contribution in [0.3, 0.4) is 0 Å². The summed E-state index contributed by atoms with van der Waals surface area (Å²) in [5.41, 5.74) is -0.305. The van der Waals surface area contributed by atoms with Crippen molar-refractivity contribution in [3.8, 4) is 0 Å². The first-order chi connectivity index (χ1) is 20.8. The van der Waals surface area contributed by atoms with Crippen LogP contribution in [0.5, 0.6) is 0 Å². The van der Waals surface area contributed by atoms with E-state index in [9.17, 15) is 46.0 Å². The SMILES string of the molecule is C.CC[C@@H]1C(=O)N(C)c2cnc(Cl)nc2N1CCC(F)(F)F.CC[C@H](C(=O)OC)N(CCC(F)(F)F)c1nc(Cl)ncc1[N+](=O)[O-]. The zero-order valence-electron chi connectivity index (χ0n) is 24.2. The van der Waals surface area contributed by atoms with Crippen molar-refractivity contribution in [2.45, 2.75) is 71.4 Å². The molecule has 0 fully saturated rings. The van der Waals surface area contributed by atoms with Crippen molar-refractivity contribution in [2.24, 2.45) is 0 Å². The quantitative estimate of drug-likeness (QED) is 0.0937. The maximum absolute atomic E-state index is 12.6. The predicted molar refractivity (Wildman–Crippen MR) is 157 cm³/mol. The first kappa shape index (κ1) is 40.3. The molecule has 2 atom stereocenters. The van der Waals surface area contributed by atoms with E-state index in [2.05, 4.69) is 24.7 Å². The molecule has 0 saturated carbocycles. The molecule has 0 bridgehead atoms. The molecule has 0 aromatic carbocycles. The molecule has 3 rings (SSSR count). The van der Waals surface area contributed by atoms with Crippen LogP contribution in [0.1, 0.15) is 47.0 Å². The highest BCUT2D eigenvalue weighted by atomic mass is 35.5. The van der Waals surface area contributed by atoms with E-state index in [1.165, 1.54) is 22.9 Å². The van der Waals surface area contributed by atoms with E-state index in [1.807, 2.05) is 0 Å². The number of nitrogens with zero attached hydrogens (tertiary/aromatic N) is 8. The number of carbonyl (C=O) groups is 2. The van der Waals surface area contributed by atoms with Gasteiger partial charge in [0.05, 0.1) is 31.1 Å². The Balaban J connectivity index is 0.000000453. The molecule has 0 N–H and O–H groups in total. The molecule has 46 heavy (non-hydrogen) atoms. The highest BCUT2D eigenvalue weighted by Gasteiger charge is 2.39. The molecular weight excluding hydrogens is 677 g/mol. The third-order valence-electron chi connectivity index (χ3n) is 6.43. The van der Waals surface area contributed by atoms with Gasteiger partial charge >= 0.3 is 24.0 Å². The van der Waals surface area contributed by atoms with E-state index in [0.29, 0.717) is 12.1 Å². The summed E-state index contributed by atoms with van der Waals surface area (Å²) >= 11 is 11.3. The first-order valence-corrected chi connectivity index (χ1v) is 13.8. The Hall–Kier alpha value is -3.74. The van der Waals surface area contributed by atoms with Gasteiger partial charge in [-0.15, -0.1) is 0 Å². The molecule has 1 aliphatic heterocycles. The van der Waals surface area contributed by atoms with Crippen molar-refractivity contribution in [1.29, 1.82) is 0 Å². The number of anilines is 3. The Morgan fingerprint density at radius 3 is 2.15 bits per heavy atom. The number of rotatable bonds is 10. The summed E-state index contributed by atoms with van der Waals surface area (Å²) < 4.78 is 79.8. The van der Waals surface area contributed by atoms with Gasteiger partial charge in [-0.25, -0.2) is 14.8 Å². The van der Waals surface area contributed by atoms with Gasteiger partial charge in [0.25, 0.3) is 0 Å². The van der Waals surface area contributed by atoms with Gasteiger partial charge in [0.2, 0.25) is 22.3 Å². The molecule has 258 valence electrons. The number of methoxy groups -OCH3 is 1. The monoisotopic (exact) mass is 708 g/mol. The van der Waals surface area contributed by atoms with Gasteiger partial charge in [-0.2, -0.15) is 36.3 Å². The number of hydrogen-bond acceptors (Lipinski definition) is 11. The van der Waals surface area contributed by atoms with Crippen LogP contribution in [0.25, 0.3) is 0 Å². The lowest BCUT2D eigenvalue weighted by atomic mass is 10.1. The Labute approximate surface area is 270 Å². The van der Waals surface area contributed by atoms with Gasteiger partial charge < -0.3 is 19.4 Å². The molecule has 0 spiro atoms. The number of likely N-dealkylation sites (N-methyl/N-ethyl adjacent to an activating group) is 1. The number of alkyl halides is 6. The summed E-state index contributed by atoms with van der Waals surface area (Å²) in [5.74, 6) is -1.34. The summed E-state index contributed by atoms with van der Waals surface area (Å²) in [4.78, 5) is 52.8. The first-order valence-electron chi connectivity index (χ1n) is 13.1. The van der Waals surface area contributed by atoms with Crippen LogP contribution < -0.4 is 14.7 Å². The van der Waals surface area contributed by atoms with Crippen molar-refractivity contribution in [3.63, 3.8) is 0 Å². The van der Waals surface area contributed by atoms with E-state index < -0.39 is 71.5 Å². The van der Waals surface area contributed by atoms with Crippen LogP contribution in [0.15, 0.2) is 12.4 Å². The minimum Gasteiger partial charge on any atom is -0.467 e. The van der Waals surface area contributed by atoms with Crippen molar-refractivity contribution in [3.05, 3.63) is 33.1 Å². The molecule has 2 aromatic rings. The number of amides is 1. The zero-order chi connectivity index (χ0) is 34.3. The number of aromatic nitrogens is 4. The molecule has 1 amide bonds. The maximum atomic E-state index is 12.6. The third-order valence-corrected chi connectivity index (χ3v) is 6.79. The Morgan fingerprint density at radius 1 is 1.09 bits per heavy atom. The Morgan fingerprint density at radius 2 is 1.65 bits per heavy atom. The van der Waals surface area contributed by atoms with Gasteiger partial charge in [-0.3, -0.25) is 14.9 Å². The number of fused-ring (bicyclic) bond motifs is 1. The number of esters is 1. The summed E-state index contributed by atoms with van der Waals surface area (Å²) in [6.07, 6.45) is -8.63. The number of carbonyl (C=O) groups excluding carboxylic acids is 2. The smallest absolute Gasteiger partial charge is 0.390 e. The Kier molecular flexibility index (Phi) is 14.6. The standard InChI is InChI=1S/C12H14ClF3N4O4.C12H14ClF3N4O.CH4/c1-3-7(10(21)24-2)19(5-4-12(14,15)16)9-8(20(22)23)6-17-11(13)18-9;1-3-7-10(21)19(2)8-6-17-11(13)18-9(8)20(7)5-4-12(14,15)16;/h6-7H,3-5H2,1-2H3;6-7H,3-5H2,1-2H3;1H4/t2*7-;/m11./s1. The van der Waals surface area contributed by atoms with Gasteiger partial charge in [0.1, 0.15) is 24.0 Å². The van der Waals surface area contributed by atoms with Crippen LogP contribution in [-0.4, -0.2) is 88.4 Å². The lowest BCUT2D eigenvalue weighted by Crippen LogP contribution is -2.53. The van der Waals surface area contributed by atoms with E-state index in [-0.39, 0.29) is 37.4 Å². The molecular formula is C25H32Cl2F6N8O5. The molecule has 0 unspecified atom stereocenters. The summed E-state index contributed by atoms with van der Waals surface area (Å²) in [6, 6.07) is -1.88. The van der Waals surface area contributed by atoms with E-state index in [4.69, 9.17) is 23.2 Å². The van der Waals surface area contributed by atoms with Gasteiger partial charge in [0.15, 0.2) is 5.82 Å². The molecule has 21 heteroatoms. The number of halogens is 8. The Bertz CT molecular complexity index is 1370. The van der Waals surface area contributed by atoms with Gasteiger partial charge in [-0.1, -0.05) is 21.3 Å². The van der Waals surface area contributed by atoms with E-state index in [1.54, 1.807) is 14.0 Å². The third kappa shape index (κ3) is 10.7. The normalized spacial score (nSPS) is 15.2. The lowest BCUT2D eigenvalue weighted by molar-refractivity contribution is -0.384. The summed E-state index contributed by atoms with van der Waals surface area (Å²) in [7, 11) is 2.61. The van der Waals surface area contributed by atoms with Crippen LogP contribution >= 0.6 is 23.2 Å². The van der Waals surface area contributed by atoms with E-state index >= 15 is 0 Å². The van der Waals surface area contributed by atoms with Crippen LogP contribution in [0, 0.1) is 10.1 Å². The molecule has 13 nitrogen and oxygen atoms in total. The lowest BCUT2D eigenvalue weighted by Gasteiger charge is -2.40. The molecule has 0 aliphatic carbocycles. The predicted octanol–water partition coefficient (Wildman–Crippen LogP) is 6.03. The molecule has 3 heterocycles. The van der Waals surface area contributed by atoms with Crippen molar-refractivity contribution >= 4 is 58.1 Å². The number of hydrogen-bond donors (Lipinski definition) is 0. The fraction of sp³-hybridized carbons (Fsp3) is 0.600. The topological polar surface area (TPSA) is 148 Å². The second-order valence-electron chi connectivity index (χ2n) is 9.34. The highest BCUT2D eigenvalue weighted by Crippen LogP contribution is 2.36. The second-order valence-corrected chi connectivity index (χ2v) is 10.0. The van der Waals surface area contributed by atoms with E-state index in [0.717, 1.165) is 18.2 Å². The summed E-state index contributed by atoms with van der Waals surface area (Å²) in [6.45, 7) is 2.19. The van der Waals surface area contributed by atoms with Gasteiger partial charge in [-0.05, 0) is 36.0 Å². The largest absolute Gasteiger partial charge is 0.467 e. The fourth-order valence-electron chi connectivity index (χ4n) is 4.31. The van der Waals surface area contributed by atoms with Gasteiger partial charge in [0, 0.05) is 20.1 Å². The van der Waals surface area contributed by atoms with Crippen LogP contribution in [0.2, 0.25) is 10.6 Å². The maximum Gasteiger partial charge on any atom is 0.390 e. The van der Waals surface area contributed by atoms with Crippen LogP contribution in [-0.2, 0) is 14.3 Å². The number of ether oxygens (including phenoxy) is 1. The number of nitro groups is 1. The minimum atomic E-state index is -4.53. The van der Waals surface area contributed by atoms with Crippen molar-refractivity contribution in [1.82, 2.24) is 19.9 Å². The molecule has 0 saturated heterocycles. The highest BCUT2D eigenvalue weighted by molar-refractivity contribution is 6.28. The van der Waals surface area contributed by atoms with Crippen molar-refractivity contribution < 1.29 is 45.6 Å². The molecule has 0 radical (unpaired) electrons. The van der Waals surface area contributed by atoms with Crippen LogP contribution in [0.4, 0.5) is 49.4 Å². The summed E-state index contributed by atoms with van der Waals surface area (Å²) in [5, 5.41) is 10.6.